The molecular weight excluding hydrogens is 356 g/mol. The largest absolute Gasteiger partial charge is 0.442 e. The van der Waals surface area contributed by atoms with E-state index in [0.29, 0.717) is 25.0 Å². The van der Waals surface area contributed by atoms with E-state index in [4.69, 9.17) is 16.3 Å². The van der Waals surface area contributed by atoms with Crippen molar-refractivity contribution in [3.05, 3.63) is 34.9 Å². The van der Waals surface area contributed by atoms with Crippen LogP contribution in [0.3, 0.4) is 0 Å². The van der Waals surface area contributed by atoms with Gasteiger partial charge >= 0.3 is 6.09 Å². The average molecular weight is 379 g/mol. The van der Waals surface area contributed by atoms with Crippen LogP contribution >= 0.6 is 11.6 Å². The fraction of sp³-hybridized carbons (Fsp3) is 0.474. The molecule has 0 saturated heterocycles. The Bertz CT molecular complexity index is 752. The maximum Gasteiger partial charge on any atom is 0.430 e. The van der Waals surface area contributed by atoms with Crippen LogP contribution in [-0.2, 0) is 9.53 Å². The van der Waals surface area contributed by atoms with Crippen LogP contribution in [0.1, 0.15) is 50.4 Å². The average Bonchev–Trinajstić information content (AvgIpc) is 2.53. The van der Waals surface area contributed by atoms with Gasteiger partial charge in [0.15, 0.2) is 5.78 Å². The monoisotopic (exact) mass is 378 g/mol. The number of hydrazone groups is 1. The van der Waals surface area contributed by atoms with Crippen molar-refractivity contribution in [1.29, 1.82) is 0 Å². The number of nitrogens with zero attached hydrogens (tertiary/aromatic N) is 2. The van der Waals surface area contributed by atoms with Gasteiger partial charge < -0.3 is 4.74 Å². The summed E-state index contributed by atoms with van der Waals surface area (Å²) >= 11 is 6.11. The van der Waals surface area contributed by atoms with Gasteiger partial charge in [-0.05, 0) is 45.7 Å². The minimum Gasteiger partial charge on any atom is -0.442 e. The predicted molar refractivity (Wildman–Crippen MR) is 99.6 cm³/mol. The Morgan fingerprint density at radius 2 is 1.88 bits per heavy atom. The molecule has 2 rings (SSSR count). The van der Waals surface area contributed by atoms with E-state index in [0.717, 1.165) is 5.01 Å². The Balaban J connectivity index is 2.30. The van der Waals surface area contributed by atoms with Gasteiger partial charge in [0.05, 0.1) is 10.7 Å². The van der Waals surface area contributed by atoms with E-state index in [-0.39, 0.29) is 16.4 Å². The number of Topliss-reactive ketones (excluding diaryl/α,β-unsaturated/α-hetero) is 2. The second kappa shape index (κ2) is 7.99. The van der Waals surface area contributed by atoms with Crippen LogP contribution in [0.15, 0.2) is 29.4 Å². The Kier molecular flexibility index (Phi) is 6.18. The molecule has 0 aliphatic heterocycles. The zero-order valence-electron chi connectivity index (χ0n) is 15.4. The van der Waals surface area contributed by atoms with E-state index < -0.39 is 23.4 Å². The molecule has 1 atom stereocenters. The highest BCUT2D eigenvalue weighted by Gasteiger charge is 2.36. The van der Waals surface area contributed by atoms with Crippen LogP contribution in [0.5, 0.6) is 0 Å². The highest BCUT2D eigenvalue weighted by Crippen LogP contribution is 2.26. The minimum absolute atomic E-state index is 0.211. The summed E-state index contributed by atoms with van der Waals surface area (Å²) < 4.78 is 5.26. The SMILES string of the molecule is CN(/N=C1/CCCC(=O)C1C(=O)c1ccccc1Cl)C(=O)OC(C)(C)C. The molecule has 6 nitrogen and oxygen atoms in total. The second-order valence-electron chi connectivity index (χ2n) is 7.19. The highest BCUT2D eigenvalue weighted by molar-refractivity contribution is 6.36. The zero-order chi connectivity index (χ0) is 19.5. The maximum absolute atomic E-state index is 12.9. The summed E-state index contributed by atoms with van der Waals surface area (Å²) in [7, 11) is 1.44. The summed E-state index contributed by atoms with van der Waals surface area (Å²) in [4.78, 5) is 37.5. The van der Waals surface area contributed by atoms with Gasteiger partial charge in [0, 0.05) is 19.0 Å². The summed E-state index contributed by atoms with van der Waals surface area (Å²) in [5, 5.41) is 5.54. The highest BCUT2D eigenvalue weighted by atomic mass is 35.5. The third-order valence-corrected chi connectivity index (χ3v) is 4.18. The topological polar surface area (TPSA) is 76.0 Å². The van der Waals surface area contributed by atoms with Crippen LogP contribution in [0.4, 0.5) is 4.79 Å². The van der Waals surface area contributed by atoms with Gasteiger partial charge in [0.1, 0.15) is 17.3 Å². The molecule has 1 aliphatic carbocycles. The van der Waals surface area contributed by atoms with Gasteiger partial charge in [-0.25, -0.2) is 9.80 Å². The predicted octanol–water partition coefficient (Wildman–Crippen LogP) is 4.11. The lowest BCUT2D eigenvalue weighted by molar-refractivity contribution is -0.120. The first-order valence-electron chi connectivity index (χ1n) is 8.45. The molecule has 7 heteroatoms. The molecular formula is C19H23ClN2O4. The van der Waals surface area contributed by atoms with Crippen molar-refractivity contribution in [3.8, 4) is 0 Å². The number of hydrogen-bond acceptors (Lipinski definition) is 5. The fourth-order valence-corrected chi connectivity index (χ4v) is 2.93. The first-order chi connectivity index (χ1) is 12.1. The quantitative estimate of drug-likeness (QED) is 0.450. The van der Waals surface area contributed by atoms with Crippen LogP contribution in [0.2, 0.25) is 5.02 Å². The summed E-state index contributed by atoms with van der Waals surface area (Å²) in [6.45, 7) is 5.25. The van der Waals surface area contributed by atoms with Crippen LogP contribution in [0, 0.1) is 5.92 Å². The van der Waals surface area contributed by atoms with Crippen LogP contribution in [-0.4, -0.2) is 41.0 Å². The van der Waals surface area contributed by atoms with E-state index in [9.17, 15) is 14.4 Å². The first-order valence-corrected chi connectivity index (χ1v) is 8.83. The van der Waals surface area contributed by atoms with Crippen LogP contribution in [0.25, 0.3) is 0 Å². The summed E-state index contributed by atoms with van der Waals surface area (Å²) in [5.74, 6) is -1.62. The number of benzene rings is 1. The van der Waals surface area contributed by atoms with E-state index in [1.54, 1.807) is 45.0 Å². The number of hydrogen-bond donors (Lipinski definition) is 0. The molecule has 0 heterocycles. The van der Waals surface area contributed by atoms with Crippen molar-refractivity contribution in [2.75, 3.05) is 7.05 Å². The molecule has 1 aliphatic rings. The smallest absolute Gasteiger partial charge is 0.430 e. The number of ketones is 2. The summed E-state index contributed by atoms with van der Waals surface area (Å²) in [6, 6.07) is 6.59. The molecule has 1 aromatic carbocycles. The van der Waals surface area contributed by atoms with E-state index in [1.807, 2.05) is 0 Å². The van der Waals surface area contributed by atoms with Crippen molar-refractivity contribution in [3.63, 3.8) is 0 Å². The Morgan fingerprint density at radius 1 is 1.23 bits per heavy atom. The first kappa shape index (κ1) is 20.1. The number of halogens is 1. The summed E-state index contributed by atoms with van der Waals surface area (Å²) in [6.07, 6.45) is 0.703. The molecule has 1 aromatic rings. The lowest BCUT2D eigenvalue weighted by Gasteiger charge is -2.26. The number of amides is 1. The van der Waals surface area contributed by atoms with Gasteiger partial charge in [-0.2, -0.15) is 5.10 Å². The Labute approximate surface area is 158 Å². The van der Waals surface area contributed by atoms with E-state index >= 15 is 0 Å². The third kappa shape index (κ3) is 4.91. The van der Waals surface area contributed by atoms with E-state index in [2.05, 4.69) is 5.10 Å². The van der Waals surface area contributed by atoms with Gasteiger partial charge in [0.2, 0.25) is 0 Å². The van der Waals surface area contributed by atoms with Crippen molar-refractivity contribution < 1.29 is 19.1 Å². The van der Waals surface area contributed by atoms with Crippen molar-refractivity contribution in [2.45, 2.75) is 45.6 Å². The molecule has 0 N–H and O–H groups in total. The summed E-state index contributed by atoms with van der Waals surface area (Å²) in [5.41, 5.74) is -0.0256. The fourth-order valence-electron chi connectivity index (χ4n) is 2.70. The van der Waals surface area contributed by atoms with Crippen molar-refractivity contribution >= 4 is 35.0 Å². The normalized spacial score (nSPS) is 19.3. The van der Waals surface area contributed by atoms with Crippen molar-refractivity contribution in [1.82, 2.24) is 5.01 Å². The number of ether oxygens (including phenoxy) is 1. The van der Waals surface area contributed by atoms with E-state index in [1.165, 1.54) is 7.05 Å². The van der Waals surface area contributed by atoms with Gasteiger partial charge in [0.25, 0.3) is 0 Å². The van der Waals surface area contributed by atoms with Crippen molar-refractivity contribution in [2.24, 2.45) is 11.0 Å². The standard InChI is InChI=1S/C19H23ClN2O4/c1-19(2,3)26-18(25)22(4)21-14-10-7-11-15(23)16(14)17(24)12-8-5-6-9-13(12)20/h5-6,8-9,16H,7,10-11H2,1-4H3/b21-14-. The Morgan fingerprint density at radius 3 is 2.50 bits per heavy atom. The van der Waals surface area contributed by atoms with Gasteiger partial charge in [-0.3, -0.25) is 9.59 Å². The minimum atomic E-state index is -1.02. The lowest BCUT2D eigenvalue weighted by atomic mass is 9.81. The third-order valence-electron chi connectivity index (χ3n) is 3.85. The number of rotatable bonds is 3. The van der Waals surface area contributed by atoms with Gasteiger partial charge in [-0.15, -0.1) is 0 Å². The molecule has 1 amide bonds. The Hall–Kier alpha value is -2.21. The molecule has 0 spiro atoms. The molecule has 0 radical (unpaired) electrons. The molecule has 1 unspecified atom stereocenters. The molecule has 0 bridgehead atoms. The second-order valence-corrected chi connectivity index (χ2v) is 7.60. The lowest BCUT2D eigenvalue weighted by Crippen LogP contribution is -2.38. The molecule has 1 fully saturated rings. The van der Waals surface area contributed by atoms with Gasteiger partial charge in [-0.1, -0.05) is 23.7 Å². The molecule has 1 saturated carbocycles. The number of carbonyl (C=O) groups is 3. The molecule has 0 aromatic heterocycles. The number of carbonyl (C=O) groups excluding carboxylic acids is 3. The van der Waals surface area contributed by atoms with Crippen LogP contribution < -0.4 is 0 Å². The maximum atomic E-state index is 12.9. The zero-order valence-corrected chi connectivity index (χ0v) is 16.2. The molecule has 26 heavy (non-hydrogen) atoms. The molecule has 140 valence electrons.